The molecule has 22 heavy (non-hydrogen) atoms. The van der Waals surface area contributed by atoms with Gasteiger partial charge in [-0.05, 0) is 24.0 Å². The molecule has 0 bridgehead atoms. The number of nitrogens with zero attached hydrogens (tertiary/aromatic N) is 1. The number of ether oxygens (including phenoxy) is 1. The highest BCUT2D eigenvalue weighted by atomic mass is 16.5. The Morgan fingerprint density at radius 3 is 2.86 bits per heavy atom. The fraction of sp³-hybridized carbons (Fsp3) is 0.526. The van der Waals surface area contributed by atoms with Gasteiger partial charge in [0.05, 0.1) is 5.92 Å². The van der Waals surface area contributed by atoms with Crippen LogP contribution in [0.4, 0.5) is 0 Å². The van der Waals surface area contributed by atoms with Gasteiger partial charge >= 0.3 is 0 Å². The number of ketones is 1. The molecule has 0 aromatic heterocycles. The number of aryl methyl sites for hydroxylation is 1. The van der Waals surface area contributed by atoms with E-state index in [0.717, 1.165) is 31.5 Å². The van der Waals surface area contributed by atoms with Crippen LogP contribution >= 0.6 is 0 Å². The van der Waals surface area contributed by atoms with Crippen molar-refractivity contribution in [2.45, 2.75) is 38.7 Å². The maximum absolute atomic E-state index is 12.8. The van der Waals surface area contributed by atoms with Crippen LogP contribution in [0.5, 0.6) is 0 Å². The number of hydrogen-bond acceptors (Lipinski definition) is 3. The summed E-state index contributed by atoms with van der Waals surface area (Å²) >= 11 is 0. The lowest BCUT2D eigenvalue weighted by molar-refractivity contribution is -0.137. The zero-order valence-electron chi connectivity index (χ0n) is 13.8. The summed E-state index contributed by atoms with van der Waals surface area (Å²) < 4.78 is 5.80. The van der Waals surface area contributed by atoms with Gasteiger partial charge in [0.2, 0.25) is 0 Å². The predicted octanol–water partition coefficient (Wildman–Crippen LogP) is 3.20. The number of carbonyl (C=O) groups is 1. The van der Waals surface area contributed by atoms with Crippen molar-refractivity contribution >= 4 is 5.78 Å². The molecule has 1 aliphatic rings. The van der Waals surface area contributed by atoms with Crippen molar-refractivity contribution in [3.8, 4) is 0 Å². The molecule has 0 aliphatic carbocycles. The summed E-state index contributed by atoms with van der Waals surface area (Å²) in [7, 11) is 0. The Bertz CT molecular complexity index is 512. The molecule has 3 heteroatoms. The average Bonchev–Trinajstić information content (AvgIpc) is 2.55. The molecule has 1 aromatic carbocycles. The highest BCUT2D eigenvalue weighted by molar-refractivity contribution is 5.91. The average molecular weight is 301 g/mol. The van der Waals surface area contributed by atoms with Gasteiger partial charge in [-0.1, -0.05) is 44.2 Å². The quantitative estimate of drug-likeness (QED) is 0.724. The Labute approximate surface area is 134 Å². The van der Waals surface area contributed by atoms with Gasteiger partial charge in [-0.25, -0.2) is 0 Å². The summed E-state index contributed by atoms with van der Waals surface area (Å²) in [6.45, 7) is 10.9. The van der Waals surface area contributed by atoms with Crippen LogP contribution in [0.3, 0.4) is 0 Å². The number of rotatable bonds is 7. The van der Waals surface area contributed by atoms with Crippen LogP contribution in [0.2, 0.25) is 0 Å². The second-order valence-corrected chi connectivity index (χ2v) is 5.92. The predicted molar refractivity (Wildman–Crippen MR) is 90.2 cm³/mol. The normalized spacial score (nSPS) is 22.7. The zero-order chi connectivity index (χ0) is 15.9. The van der Waals surface area contributed by atoms with Gasteiger partial charge < -0.3 is 4.74 Å². The van der Waals surface area contributed by atoms with Crippen molar-refractivity contribution < 1.29 is 9.53 Å². The van der Waals surface area contributed by atoms with Gasteiger partial charge in [0.1, 0.15) is 6.10 Å². The second kappa shape index (κ2) is 8.25. The van der Waals surface area contributed by atoms with E-state index in [2.05, 4.69) is 49.6 Å². The van der Waals surface area contributed by atoms with Crippen LogP contribution in [-0.2, 0) is 16.0 Å². The monoisotopic (exact) mass is 301 g/mol. The summed E-state index contributed by atoms with van der Waals surface area (Å²) in [5.41, 5.74) is 2.39. The first-order chi connectivity index (χ1) is 10.7. The van der Waals surface area contributed by atoms with E-state index in [0.29, 0.717) is 13.2 Å². The van der Waals surface area contributed by atoms with Gasteiger partial charge in [0.15, 0.2) is 5.78 Å². The molecule has 1 aromatic rings. The number of benzene rings is 1. The molecule has 2 unspecified atom stereocenters. The van der Waals surface area contributed by atoms with E-state index in [1.165, 1.54) is 5.56 Å². The maximum atomic E-state index is 12.8. The third-order valence-corrected chi connectivity index (χ3v) is 4.20. The van der Waals surface area contributed by atoms with E-state index in [-0.39, 0.29) is 17.8 Å². The topological polar surface area (TPSA) is 29.5 Å². The lowest BCUT2D eigenvalue weighted by atomic mass is 9.87. The van der Waals surface area contributed by atoms with Crippen LogP contribution in [0, 0.1) is 0 Å². The van der Waals surface area contributed by atoms with E-state index in [9.17, 15) is 4.79 Å². The third-order valence-electron chi connectivity index (χ3n) is 4.20. The van der Waals surface area contributed by atoms with Gasteiger partial charge in [0.25, 0.3) is 0 Å². The Morgan fingerprint density at radius 1 is 1.36 bits per heavy atom. The Balaban J connectivity index is 2.22. The smallest absolute Gasteiger partial charge is 0.171 e. The summed E-state index contributed by atoms with van der Waals surface area (Å²) in [5, 5.41) is 0. The SMILES string of the molecule is C=CCN1CC(OCCC)C(=O)C(c2cccc(CC)c2)C1. The molecular formula is C19H27NO2. The standard InChI is InChI=1S/C19H27NO2/c1-4-10-20-13-17(16-9-7-8-15(6-3)12-16)19(21)18(14-20)22-11-5-2/h4,7-9,12,17-18H,1,5-6,10-11,13-14H2,2-3H3. The van der Waals surface area contributed by atoms with Crippen LogP contribution in [0.15, 0.2) is 36.9 Å². The van der Waals surface area contributed by atoms with Crippen molar-refractivity contribution in [1.82, 2.24) is 4.90 Å². The molecule has 1 heterocycles. The molecule has 0 spiro atoms. The van der Waals surface area contributed by atoms with Crippen LogP contribution in [0.1, 0.15) is 37.3 Å². The zero-order valence-corrected chi connectivity index (χ0v) is 13.8. The molecule has 0 radical (unpaired) electrons. The molecule has 0 N–H and O–H groups in total. The van der Waals surface area contributed by atoms with Crippen molar-refractivity contribution in [3.63, 3.8) is 0 Å². The number of piperidine rings is 1. The van der Waals surface area contributed by atoms with Crippen molar-refractivity contribution in [2.75, 3.05) is 26.2 Å². The van der Waals surface area contributed by atoms with E-state index >= 15 is 0 Å². The summed E-state index contributed by atoms with van der Waals surface area (Å²) in [5.74, 6) is 0.129. The Kier molecular flexibility index (Phi) is 6.34. The summed E-state index contributed by atoms with van der Waals surface area (Å²) in [4.78, 5) is 15.1. The summed E-state index contributed by atoms with van der Waals surface area (Å²) in [6, 6.07) is 8.39. The van der Waals surface area contributed by atoms with Crippen molar-refractivity contribution in [2.24, 2.45) is 0 Å². The van der Waals surface area contributed by atoms with Crippen molar-refractivity contribution in [3.05, 3.63) is 48.0 Å². The molecule has 0 saturated carbocycles. The Morgan fingerprint density at radius 2 is 2.18 bits per heavy atom. The molecular weight excluding hydrogens is 274 g/mol. The highest BCUT2D eigenvalue weighted by Gasteiger charge is 2.36. The minimum Gasteiger partial charge on any atom is -0.369 e. The second-order valence-electron chi connectivity index (χ2n) is 5.92. The van der Waals surface area contributed by atoms with E-state index in [4.69, 9.17) is 4.74 Å². The van der Waals surface area contributed by atoms with E-state index < -0.39 is 0 Å². The van der Waals surface area contributed by atoms with Crippen LogP contribution in [0.25, 0.3) is 0 Å². The van der Waals surface area contributed by atoms with Gasteiger partial charge in [0, 0.05) is 26.2 Å². The van der Waals surface area contributed by atoms with Gasteiger partial charge in [-0.2, -0.15) is 0 Å². The van der Waals surface area contributed by atoms with Crippen LogP contribution < -0.4 is 0 Å². The van der Waals surface area contributed by atoms with E-state index in [1.807, 2.05) is 6.08 Å². The molecule has 120 valence electrons. The maximum Gasteiger partial charge on any atom is 0.171 e. The molecule has 1 saturated heterocycles. The summed E-state index contributed by atoms with van der Waals surface area (Å²) in [6.07, 6.45) is 3.50. The first-order valence-electron chi connectivity index (χ1n) is 8.27. The molecule has 2 atom stereocenters. The largest absolute Gasteiger partial charge is 0.369 e. The molecule has 1 fully saturated rings. The van der Waals surface area contributed by atoms with E-state index in [1.54, 1.807) is 0 Å². The minimum absolute atomic E-state index is 0.0953. The van der Waals surface area contributed by atoms with Gasteiger partial charge in [-0.3, -0.25) is 9.69 Å². The number of likely N-dealkylation sites (tertiary alicyclic amines) is 1. The van der Waals surface area contributed by atoms with Crippen molar-refractivity contribution in [1.29, 1.82) is 0 Å². The number of Topliss-reactive ketones (excluding diaryl/α,β-unsaturated/α-hetero) is 1. The fourth-order valence-electron chi connectivity index (χ4n) is 3.00. The molecule has 0 amide bonds. The Hall–Kier alpha value is -1.45. The third kappa shape index (κ3) is 4.05. The lowest BCUT2D eigenvalue weighted by Crippen LogP contribution is -2.50. The first kappa shape index (κ1) is 16.9. The first-order valence-corrected chi connectivity index (χ1v) is 8.27. The molecule has 2 rings (SSSR count). The molecule has 1 aliphatic heterocycles. The highest BCUT2D eigenvalue weighted by Crippen LogP contribution is 2.26. The van der Waals surface area contributed by atoms with Crippen LogP contribution in [-0.4, -0.2) is 43.0 Å². The minimum atomic E-state index is -0.316. The van der Waals surface area contributed by atoms with Gasteiger partial charge in [-0.15, -0.1) is 6.58 Å². The number of carbonyl (C=O) groups excluding carboxylic acids is 1. The number of hydrogen-bond donors (Lipinski definition) is 0. The fourth-order valence-corrected chi connectivity index (χ4v) is 3.00. The molecule has 3 nitrogen and oxygen atoms in total. The lowest BCUT2D eigenvalue weighted by Gasteiger charge is -2.36.